The zero-order chi connectivity index (χ0) is 23.5. The number of nitrogens with one attached hydrogen (secondary N) is 1. The highest BCUT2D eigenvalue weighted by Crippen LogP contribution is 2.28. The number of benzene rings is 1. The van der Waals surface area contributed by atoms with Crippen LogP contribution < -0.4 is 14.8 Å². The van der Waals surface area contributed by atoms with Crippen molar-refractivity contribution >= 4 is 5.82 Å². The molecular formula is C24H25FN6O2. The van der Waals surface area contributed by atoms with E-state index in [1.165, 1.54) is 13.2 Å². The normalized spacial score (nSPS) is 11.8. The van der Waals surface area contributed by atoms with Crippen LogP contribution in [-0.2, 0) is 0 Å². The molecule has 8 nitrogen and oxygen atoms in total. The SMILES string of the molecule is COc1cc([C@H](C)Nc2nnc(-c3ccc(-n4cnc(C)c4)c(OC)n3)cc2C)ccc1F. The van der Waals surface area contributed by atoms with Crippen molar-refractivity contribution in [3.05, 3.63) is 71.6 Å². The van der Waals surface area contributed by atoms with Gasteiger partial charge >= 0.3 is 0 Å². The summed E-state index contributed by atoms with van der Waals surface area (Å²) >= 11 is 0. The van der Waals surface area contributed by atoms with E-state index in [1.54, 1.807) is 25.6 Å². The van der Waals surface area contributed by atoms with Gasteiger partial charge in [-0.1, -0.05) is 6.07 Å². The number of imidazole rings is 1. The van der Waals surface area contributed by atoms with Gasteiger partial charge in [0.2, 0.25) is 5.88 Å². The minimum absolute atomic E-state index is 0.130. The smallest absolute Gasteiger partial charge is 0.238 e. The summed E-state index contributed by atoms with van der Waals surface area (Å²) in [6.07, 6.45) is 3.62. The number of pyridine rings is 1. The standard InChI is InChI=1S/C24H25FN6O2/c1-14-10-20(19-8-9-21(24(28-19)33-5)31-12-15(2)26-13-31)29-30-23(14)27-16(3)17-6-7-18(25)22(11-17)32-4/h6-13,16H,1-5H3,(H,27,30)/t16-/m0/s1. The number of halogens is 1. The average molecular weight is 449 g/mol. The van der Waals surface area contributed by atoms with E-state index in [0.29, 0.717) is 23.1 Å². The molecule has 3 heterocycles. The lowest BCUT2D eigenvalue weighted by atomic mass is 10.1. The molecule has 33 heavy (non-hydrogen) atoms. The van der Waals surface area contributed by atoms with Crippen LogP contribution in [0.4, 0.5) is 10.2 Å². The summed E-state index contributed by atoms with van der Waals surface area (Å²) in [6, 6.07) is 10.3. The first-order valence-corrected chi connectivity index (χ1v) is 10.4. The zero-order valence-electron chi connectivity index (χ0n) is 19.1. The van der Waals surface area contributed by atoms with Crippen molar-refractivity contribution in [2.45, 2.75) is 26.8 Å². The van der Waals surface area contributed by atoms with Crippen molar-refractivity contribution in [2.24, 2.45) is 0 Å². The highest BCUT2D eigenvalue weighted by molar-refractivity contribution is 5.61. The lowest BCUT2D eigenvalue weighted by molar-refractivity contribution is 0.385. The number of nitrogens with zero attached hydrogens (tertiary/aromatic N) is 5. The summed E-state index contributed by atoms with van der Waals surface area (Å²) in [5, 5.41) is 12.0. The van der Waals surface area contributed by atoms with E-state index in [4.69, 9.17) is 9.47 Å². The third kappa shape index (κ3) is 4.62. The van der Waals surface area contributed by atoms with Gasteiger partial charge in [-0.3, -0.25) is 0 Å². The Labute approximate surface area is 191 Å². The van der Waals surface area contributed by atoms with Crippen molar-refractivity contribution in [3.63, 3.8) is 0 Å². The maximum absolute atomic E-state index is 13.7. The Bertz CT molecular complexity index is 1290. The highest BCUT2D eigenvalue weighted by atomic mass is 19.1. The summed E-state index contributed by atoms with van der Waals surface area (Å²) < 4.78 is 26.2. The van der Waals surface area contributed by atoms with Gasteiger partial charge in [-0.25, -0.2) is 14.4 Å². The molecule has 0 fully saturated rings. The van der Waals surface area contributed by atoms with Crippen molar-refractivity contribution in [2.75, 3.05) is 19.5 Å². The summed E-state index contributed by atoms with van der Waals surface area (Å²) in [5.41, 5.74) is 4.73. The Morgan fingerprint density at radius 1 is 1.00 bits per heavy atom. The third-order valence-corrected chi connectivity index (χ3v) is 5.30. The van der Waals surface area contributed by atoms with E-state index < -0.39 is 5.82 Å². The zero-order valence-corrected chi connectivity index (χ0v) is 19.1. The molecule has 3 aromatic heterocycles. The Morgan fingerprint density at radius 3 is 2.48 bits per heavy atom. The number of ether oxygens (including phenoxy) is 2. The maximum atomic E-state index is 13.7. The maximum Gasteiger partial charge on any atom is 0.238 e. The molecular weight excluding hydrogens is 423 g/mol. The molecule has 0 amide bonds. The van der Waals surface area contributed by atoms with Gasteiger partial charge in [0, 0.05) is 6.20 Å². The van der Waals surface area contributed by atoms with Gasteiger partial charge in [0.25, 0.3) is 0 Å². The van der Waals surface area contributed by atoms with Crippen LogP contribution in [0.2, 0.25) is 0 Å². The number of anilines is 1. The molecule has 0 saturated heterocycles. The second kappa shape index (κ2) is 9.23. The van der Waals surface area contributed by atoms with E-state index in [9.17, 15) is 4.39 Å². The minimum Gasteiger partial charge on any atom is -0.494 e. The van der Waals surface area contributed by atoms with E-state index >= 15 is 0 Å². The van der Waals surface area contributed by atoms with Crippen LogP contribution in [0.1, 0.15) is 29.8 Å². The number of hydrogen-bond donors (Lipinski definition) is 1. The summed E-state index contributed by atoms with van der Waals surface area (Å²) in [7, 11) is 3.02. The van der Waals surface area contributed by atoms with E-state index in [2.05, 4.69) is 25.5 Å². The number of aromatic nitrogens is 5. The average Bonchev–Trinajstić information content (AvgIpc) is 3.26. The number of rotatable bonds is 7. The molecule has 4 aromatic rings. The fourth-order valence-electron chi connectivity index (χ4n) is 3.46. The molecule has 1 N–H and O–H groups in total. The summed E-state index contributed by atoms with van der Waals surface area (Å²) in [4.78, 5) is 8.86. The first-order valence-electron chi connectivity index (χ1n) is 10.4. The fraction of sp³-hybridized carbons (Fsp3) is 0.250. The van der Waals surface area contributed by atoms with E-state index in [-0.39, 0.29) is 11.8 Å². The molecule has 1 atom stereocenters. The summed E-state index contributed by atoms with van der Waals surface area (Å²) in [5.74, 6) is 0.900. The fourth-order valence-corrected chi connectivity index (χ4v) is 3.46. The Kier molecular flexibility index (Phi) is 6.21. The van der Waals surface area contributed by atoms with Crippen LogP contribution in [-0.4, -0.2) is 39.0 Å². The van der Waals surface area contributed by atoms with E-state index in [0.717, 1.165) is 22.5 Å². The Balaban J connectivity index is 1.57. The van der Waals surface area contributed by atoms with Crippen LogP contribution in [0, 0.1) is 19.7 Å². The second-order valence-electron chi connectivity index (χ2n) is 7.67. The van der Waals surface area contributed by atoms with Gasteiger partial charge in [0.05, 0.1) is 38.0 Å². The third-order valence-electron chi connectivity index (χ3n) is 5.30. The lowest BCUT2D eigenvalue weighted by Gasteiger charge is -2.17. The van der Waals surface area contributed by atoms with Gasteiger partial charge in [-0.2, -0.15) is 0 Å². The second-order valence-corrected chi connectivity index (χ2v) is 7.67. The molecule has 0 aliphatic heterocycles. The molecule has 9 heteroatoms. The molecule has 1 aromatic carbocycles. The largest absolute Gasteiger partial charge is 0.494 e. The monoisotopic (exact) mass is 448 g/mol. The van der Waals surface area contributed by atoms with Crippen molar-refractivity contribution in [3.8, 4) is 28.7 Å². The van der Waals surface area contributed by atoms with Crippen molar-refractivity contribution in [1.82, 2.24) is 24.7 Å². The molecule has 0 spiro atoms. The lowest BCUT2D eigenvalue weighted by Crippen LogP contribution is -2.10. The molecule has 0 saturated carbocycles. The predicted octanol–water partition coefficient (Wildman–Crippen LogP) is 4.67. The first-order chi connectivity index (χ1) is 15.9. The van der Waals surface area contributed by atoms with Crippen LogP contribution in [0.15, 0.2) is 48.9 Å². The molecule has 0 aliphatic rings. The van der Waals surface area contributed by atoms with Crippen molar-refractivity contribution < 1.29 is 13.9 Å². The molecule has 0 bridgehead atoms. The van der Waals surface area contributed by atoms with Gasteiger partial charge < -0.3 is 19.4 Å². The van der Waals surface area contributed by atoms with Crippen LogP contribution >= 0.6 is 0 Å². The van der Waals surface area contributed by atoms with E-state index in [1.807, 2.05) is 49.7 Å². The minimum atomic E-state index is -0.397. The quantitative estimate of drug-likeness (QED) is 0.440. The topological polar surface area (TPSA) is 87.0 Å². The van der Waals surface area contributed by atoms with Crippen LogP contribution in [0.5, 0.6) is 11.6 Å². The first kappa shape index (κ1) is 22.2. The van der Waals surface area contributed by atoms with Gasteiger partial charge in [-0.15, -0.1) is 10.2 Å². The van der Waals surface area contributed by atoms with Gasteiger partial charge in [-0.05, 0) is 62.2 Å². The predicted molar refractivity (Wildman–Crippen MR) is 123 cm³/mol. The Morgan fingerprint density at radius 2 is 1.82 bits per heavy atom. The summed E-state index contributed by atoms with van der Waals surface area (Å²) in [6.45, 7) is 5.83. The van der Waals surface area contributed by atoms with Crippen molar-refractivity contribution in [1.29, 1.82) is 0 Å². The van der Waals surface area contributed by atoms with Gasteiger partial charge in [0.15, 0.2) is 17.4 Å². The number of hydrogen-bond acceptors (Lipinski definition) is 7. The molecule has 0 unspecified atom stereocenters. The number of aryl methyl sites for hydroxylation is 2. The Hall–Kier alpha value is -4.01. The number of methoxy groups -OCH3 is 2. The molecule has 0 aliphatic carbocycles. The molecule has 170 valence electrons. The molecule has 0 radical (unpaired) electrons. The molecule has 4 rings (SSSR count). The highest BCUT2D eigenvalue weighted by Gasteiger charge is 2.15. The van der Waals surface area contributed by atoms with Crippen LogP contribution in [0.25, 0.3) is 17.1 Å². The van der Waals surface area contributed by atoms with Crippen LogP contribution in [0.3, 0.4) is 0 Å². The van der Waals surface area contributed by atoms with Gasteiger partial charge in [0.1, 0.15) is 11.4 Å².